The summed E-state index contributed by atoms with van der Waals surface area (Å²) < 4.78 is 32.6. The van der Waals surface area contributed by atoms with E-state index in [0.29, 0.717) is 12.8 Å². The molecule has 0 saturated heterocycles. The highest BCUT2D eigenvalue weighted by Crippen LogP contribution is 2.43. The fourth-order valence-corrected chi connectivity index (χ4v) is 6.61. The Morgan fingerprint density at radius 1 is 0.520 bits per heavy atom. The lowest BCUT2D eigenvalue weighted by atomic mass is 10.0. The van der Waals surface area contributed by atoms with Crippen molar-refractivity contribution in [3.8, 4) is 0 Å². The van der Waals surface area contributed by atoms with Gasteiger partial charge < -0.3 is 24.6 Å². The summed E-state index contributed by atoms with van der Waals surface area (Å²) in [5.74, 6) is -0.914. The van der Waals surface area contributed by atoms with Crippen LogP contribution in [-0.2, 0) is 32.7 Å². The molecule has 0 radical (unpaired) electrons. The van der Waals surface area contributed by atoms with E-state index in [1.54, 1.807) is 0 Å². The van der Waals surface area contributed by atoms with Gasteiger partial charge in [0.1, 0.15) is 12.7 Å². The van der Waals surface area contributed by atoms with Crippen molar-refractivity contribution in [3.05, 3.63) is 0 Å². The van der Waals surface area contributed by atoms with Gasteiger partial charge in [-0.25, -0.2) is 4.57 Å². The Hall–Kier alpha value is -1.03. The van der Waals surface area contributed by atoms with Crippen LogP contribution in [0.25, 0.3) is 0 Å². The first-order valence-electron chi connectivity index (χ1n) is 20.5. The van der Waals surface area contributed by atoms with Gasteiger partial charge in [0.05, 0.1) is 19.8 Å². The molecule has 0 aliphatic rings. The van der Waals surface area contributed by atoms with Crippen molar-refractivity contribution >= 4 is 19.8 Å². The minimum atomic E-state index is -4.60. The molecule has 0 aliphatic carbocycles. The second-order valence-corrected chi connectivity index (χ2v) is 15.5. The van der Waals surface area contributed by atoms with Gasteiger partial charge in [-0.15, -0.1) is 0 Å². The summed E-state index contributed by atoms with van der Waals surface area (Å²) in [6.07, 6.45) is 30.7. The van der Waals surface area contributed by atoms with E-state index in [-0.39, 0.29) is 19.4 Å². The van der Waals surface area contributed by atoms with E-state index in [2.05, 4.69) is 18.4 Å². The standard InChI is InChI=1S/C39H77O10P/c1-3-5-7-9-11-13-15-16-17-18-19-20-21-23-25-27-29-31-39(43)49-37(35-48-50(44,45)47-33-36(41)32-40)34-46-38(42)30-28-26-24-22-14-12-10-8-6-4-2/h36-37,40-41H,3-35H2,1-2H3,(H,44,45)/t36-,37+/m0/s1. The zero-order chi connectivity index (χ0) is 37.0. The lowest BCUT2D eigenvalue weighted by molar-refractivity contribution is -0.161. The third-order valence-electron chi connectivity index (χ3n) is 9.01. The van der Waals surface area contributed by atoms with Crippen molar-refractivity contribution < 1.29 is 47.8 Å². The summed E-state index contributed by atoms with van der Waals surface area (Å²) in [4.78, 5) is 34.8. The molecular formula is C39H77O10P. The van der Waals surface area contributed by atoms with Crippen molar-refractivity contribution in [2.75, 3.05) is 26.4 Å². The smallest absolute Gasteiger partial charge is 0.462 e. The lowest BCUT2D eigenvalue weighted by Crippen LogP contribution is -2.29. The molecular weight excluding hydrogens is 659 g/mol. The maximum Gasteiger partial charge on any atom is 0.472 e. The molecule has 3 N–H and O–H groups in total. The Kier molecular flexibility index (Phi) is 35.6. The molecule has 0 bridgehead atoms. The van der Waals surface area contributed by atoms with Crippen LogP contribution in [0.3, 0.4) is 0 Å². The van der Waals surface area contributed by atoms with Crippen LogP contribution in [0.1, 0.15) is 200 Å². The molecule has 50 heavy (non-hydrogen) atoms. The van der Waals surface area contributed by atoms with Gasteiger partial charge in [-0.3, -0.25) is 18.6 Å². The van der Waals surface area contributed by atoms with Crippen molar-refractivity contribution in [2.45, 2.75) is 212 Å². The first-order valence-corrected chi connectivity index (χ1v) is 22.0. The molecule has 0 fully saturated rings. The average molecular weight is 737 g/mol. The highest BCUT2D eigenvalue weighted by atomic mass is 31.2. The number of esters is 2. The van der Waals surface area contributed by atoms with E-state index in [1.165, 1.54) is 122 Å². The minimum Gasteiger partial charge on any atom is -0.462 e. The molecule has 0 aliphatic heterocycles. The van der Waals surface area contributed by atoms with Gasteiger partial charge in [0.25, 0.3) is 0 Å². The molecule has 0 aromatic carbocycles. The summed E-state index contributed by atoms with van der Waals surface area (Å²) in [6.45, 7) is 2.39. The number of aliphatic hydroxyl groups is 2. The zero-order valence-corrected chi connectivity index (χ0v) is 33.0. The van der Waals surface area contributed by atoms with E-state index < -0.39 is 51.8 Å². The summed E-state index contributed by atoms with van der Waals surface area (Å²) in [5, 5.41) is 18.3. The van der Waals surface area contributed by atoms with E-state index in [0.717, 1.165) is 38.5 Å². The van der Waals surface area contributed by atoms with Crippen LogP contribution >= 0.6 is 7.82 Å². The number of phosphoric acid groups is 1. The van der Waals surface area contributed by atoms with Crippen molar-refractivity contribution in [1.82, 2.24) is 0 Å². The number of aliphatic hydroxyl groups excluding tert-OH is 2. The SMILES string of the molecule is CCCCCCCCCCCCCCCCCCCC(=O)O[C@H](COC(=O)CCCCCCCCCCCC)COP(=O)(O)OC[C@@H](O)CO. The number of rotatable bonds is 39. The topological polar surface area (TPSA) is 149 Å². The molecule has 1 unspecified atom stereocenters. The lowest BCUT2D eigenvalue weighted by Gasteiger charge is -2.20. The third-order valence-corrected chi connectivity index (χ3v) is 9.96. The largest absolute Gasteiger partial charge is 0.472 e. The number of unbranched alkanes of at least 4 members (excludes halogenated alkanes) is 25. The number of ether oxygens (including phenoxy) is 2. The van der Waals surface area contributed by atoms with Gasteiger partial charge in [-0.05, 0) is 12.8 Å². The Bertz CT molecular complexity index is 812. The molecule has 3 atom stereocenters. The molecule has 0 aromatic heterocycles. The summed E-state index contributed by atoms with van der Waals surface area (Å²) in [5.41, 5.74) is 0. The second kappa shape index (κ2) is 36.3. The Labute approximate surface area is 305 Å². The van der Waals surface area contributed by atoms with Gasteiger partial charge in [-0.2, -0.15) is 0 Å². The van der Waals surface area contributed by atoms with Crippen LogP contribution in [0.2, 0.25) is 0 Å². The van der Waals surface area contributed by atoms with E-state index in [9.17, 15) is 24.2 Å². The van der Waals surface area contributed by atoms with Crippen LogP contribution in [0.15, 0.2) is 0 Å². The predicted octanol–water partition coefficient (Wildman–Crippen LogP) is 10.3. The van der Waals surface area contributed by atoms with Gasteiger partial charge in [0, 0.05) is 12.8 Å². The van der Waals surface area contributed by atoms with Crippen LogP contribution in [0, 0.1) is 0 Å². The van der Waals surface area contributed by atoms with Crippen LogP contribution in [-0.4, -0.2) is 65.7 Å². The Balaban J connectivity index is 4.25. The van der Waals surface area contributed by atoms with Gasteiger partial charge >= 0.3 is 19.8 Å². The average Bonchev–Trinajstić information content (AvgIpc) is 3.10. The molecule has 0 saturated carbocycles. The van der Waals surface area contributed by atoms with E-state index in [4.69, 9.17) is 19.1 Å². The Morgan fingerprint density at radius 3 is 1.24 bits per heavy atom. The molecule has 0 amide bonds. The highest BCUT2D eigenvalue weighted by molar-refractivity contribution is 7.47. The normalized spacial score (nSPS) is 13.9. The molecule has 10 nitrogen and oxygen atoms in total. The fourth-order valence-electron chi connectivity index (χ4n) is 5.82. The Morgan fingerprint density at radius 2 is 0.860 bits per heavy atom. The van der Waals surface area contributed by atoms with Gasteiger partial charge in [-0.1, -0.05) is 174 Å². The van der Waals surface area contributed by atoms with Gasteiger partial charge in [0.15, 0.2) is 6.10 Å². The van der Waals surface area contributed by atoms with E-state index >= 15 is 0 Å². The summed E-state index contributed by atoms with van der Waals surface area (Å²) >= 11 is 0. The predicted molar refractivity (Wildman–Crippen MR) is 201 cm³/mol. The number of hydrogen-bond acceptors (Lipinski definition) is 9. The second-order valence-electron chi connectivity index (χ2n) is 14.0. The third kappa shape index (κ3) is 35.4. The quantitative estimate of drug-likeness (QED) is 0.0316. The summed E-state index contributed by atoms with van der Waals surface area (Å²) in [7, 11) is -4.60. The number of carbonyl (C=O) groups excluding carboxylic acids is 2. The maximum atomic E-state index is 12.6. The molecule has 0 heterocycles. The molecule has 298 valence electrons. The number of hydrogen-bond donors (Lipinski definition) is 3. The highest BCUT2D eigenvalue weighted by Gasteiger charge is 2.27. The van der Waals surface area contributed by atoms with Gasteiger partial charge in [0.2, 0.25) is 0 Å². The van der Waals surface area contributed by atoms with Crippen LogP contribution in [0.5, 0.6) is 0 Å². The minimum absolute atomic E-state index is 0.192. The molecule has 0 aromatic rings. The van der Waals surface area contributed by atoms with Crippen LogP contribution < -0.4 is 0 Å². The van der Waals surface area contributed by atoms with Crippen LogP contribution in [0.4, 0.5) is 0 Å². The van der Waals surface area contributed by atoms with Crippen molar-refractivity contribution in [2.24, 2.45) is 0 Å². The monoisotopic (exact) mass is 737 g/mol. The first-order chi connectivity index (χ1) is 24.2. The van der Waals surface area contributed by atoms with Crippen molar-refractivity contribution in [1.29, 1.82) is 0 Å². The number of phosphoric ester groups is 1. The molecule has 0 rings (SSSR count). The fraction of sp³-hybridized carbons (Fsp3) is 0.949. The molecule has 0 spiro atoms. The number of carbonyl (C=O) groups is 2. The first kappa shape index (κ1) is 49.0. The van der Waals surface area contributed by atoms with Crippen molar-refractivity contribution in [3.63, 3.8) is 0 Å². The van der Waals surface area contributed by atoms with E-state index in [1.807, 2.05) is 0 Å². The maximum absolute atomic E-state index is 12.6. The molecule has 11 heteroatoms. The zero-order valence-electron chi connectivity index (χ0n) is 32.1. The summed E-state index contributed by atoms with van der Waals surface area (Å²) in [6, 6.07) is 0.